The van der Waals surface area contributed by atoms with Crippen LogP contribution >= 0.6 is 23.5 Å². The van der Waals surface area contributed by atoms with Crippen molar-refractivity contribution in [2.45, 2.75) is 64.8 Å². The number of phosphoric acid groups is 3. The first-order valence-corrected chi connectivity index (χ1v) is 18.9. The molecule has 2 amide bonds. The monoisotopic (exact) mass is 763 g/mol. The van der Waals surface area contributed by atoms with E-state index in [0.717, 1.165) is 17.2 Å². The molecule has 3 rings (SSSR count). The molecule has 1 fully saturated rings. The molecule has 26 heteroatoms. The minimum absolute atomic E-state index is 0.0346. The first kappa shape index (κ1) is 41.0. The number of carbonyl (C=O) groups excluding carboxylic acids is 2. The van der Waals surface area contributed by atoms with Crippen molar-refractivity contribution in [1.82, 2.24) is 30.2 Å². The second-order valence-electron chi connectivity index (χ2n) is 11.9. The normalized spacial score (nSPS) is 23.2. The third kappa shape index (κ3) is 11.8. The molecule has 0 radical (unpaired) electrons. The smallest absolute Gasteiger partial charge is 0.386 e. The van der Waals surface area contributed by atoms with E-state index in [1.54, 1.807) is 0 Å². The number of carbonyl (C=O) groups is 2. The molecule has 0 bridgehead atoms. The second-order valence-corrected chi connectivity index (χ2v) is 16.2. The summed E-state index contributed by atoms with van der Waals surface area (Å²) in [5, 5.41) is 26.3. The lowest BCUT2D eigenvalue weighted by Gasteiger charge is -2.30. The van der Waals surface area contributed by atoms with E-state index in [1.807, 2.05) is 13.8 Å². The van der Waals surface area contributed by atoms with Crippen LogP contribution in [0.1, 0.15) is 40.3 Å². The zero-order valence-corrected chi connectivity index (χ0v) is 29.3. The van der Waals surface area contributed by atoms with Gasteiger partial charge < -0.3 is 50.9 Å². The lowest BCUT2D eigenvalue weighted by atomic mass is 9.87. The topological polar surface area (TPSA) is 347 Å². The maximum atomic E-state index is 12.6. The fourth-order valence-corrected chi connectivity index (χ4v) is 7.09. The molecule has 7 unspecified atom stereocenters. The van der Waals surface area contributed by atoms with Gasteiger partial charge in [-0.15, -0.1) is 0 Å². The minimum Gasteiger partial charge on any atom is -0.386 e. The largest absolute Gasteiger partial charge is 0.481 e. The van der Waals surface area contributed by atoms with E-state index in [2.05, 4.69) is 34.4 Å². The molecule has 0 aromatic carbocycles. The van der Waals surface area contributed by atoms with Crippen LogP contribution < -0.4 is 16.4 Å². The van der Waals surface area contributed by atoms with Gasteiger partial charge in [0.2, 0.25) is 11.8 Å². The Balaban J connectivity index is 1.59. The van der Waals surface area contributed by atoms with Gasteiger partial charge >= 0.3 is 23.5 Å². The number of aliphatic hydroxyl groups excluding tert-OH is 2. The van der Waals surface area contributed by atoms with E-state index in [9.17, 15) is 53.1 Å². The molecular weight excluding hydrogens is 723 g/mol. The SMILES string of the molecule is CC(C)CNC(=O)CCNC(=O)C(O)C(C)(C)COP(=O)(O)OP(=O)(O)OCC1OC(n2cnc3c(N)ncnc32)C(O)C1OP(=O)(O)O. The number of fused-ring (bicyclic) bond motifs is 1. The van der Waals surface area contributed by atoms with Crippen molar-refractivity contribution in [3.8, 4) is 0 Å². The lowest BCUT2D eigenvalue weighted by molar-refractivity contribution is -0.137. The average Bonchev–Trinajstić information content (AvgIpc) is 3.54. The summed E-state index contributed by atoms with van der Waals surface area (Å²) in [5.41, 5.74) is 4.31. The molecule has 1 aliphatic heterocycles. The summed E-state index contributed by atoms with van der Waals surface area (Å²) in [6.45, 7) is 4.70. The summed E-state index contributed by atoms with van der Waals surface area (Å²) >= 11 is 0. The van der Waals surface area contributed by atoms with Gasteiger partial charge in [-0.2, -0.15) is 4.31 Å². The Labute approximate surface area is 278 Å². The van der Waals surface area contributed by atoms with E-state index in [4.69, 9.17) is 19.5 Å². The predicted octanol–water partition coefficient (Wildman–Crippen LogP) is -0.939. The molecule has 0 spiro atoms. The van der Waals surface area contributed by atoms with Gasteiger partial charge in [-0.05, 0) is 5.92 Å². The zero-order chi connectivity index (χ0) is 36.9. The predicted molar refractivity (Wildman–Crippen MR) is 164 cm³/mol. The molecule has 2 aromatic heterocycles. The van der Waals surface area contributed by atoms with Gasteiger partial charge in [-0.3, -0.25) is 27.7 Å². The summed E-state index contributed by atoms with van der Waals surface area (Å²) in [4.78, 5) is 74.9. The molecule has 1 aliphatic rings. The van der Waals surface area contributed by atoms with Gasteiger partial charge in [0.25, 0.3) is 0 Å². The number of nitrogens with zero attached hydrogens (tertiary/aromatic N) is 4. The molecule has 10 N–H and O–H groups in total. The van der Waals surface area contributed by atoms with Crippen LogP contribution in [-0.2, 0) is 45.9 Å². The molecule has 0 saturated carbocycles. The van der Waals surface area contributed by atoms with Crippen LogP contribution in [0.2, 0.25) is 0 Å². The van der Waals surface area contributed by atoms with E-state index < -0.39 is 78.6 Å². The summed E-state index contributed by atoms with van der Waals surface area (Å²) in [6, 6.07) is 0. The van der Waals surface area contributed by atoms with Crippen molar-refractivity contribution in [3.05, 3.63) is 12.7 Å². The lowest BCUT2D eigenvalue weighted by Crippen LogP contribution is -2.46. The summed E-state index contributed by atoms with van der Waals surface area (Å²) in [6.07, 6.45) is -6.69. The average molecular weight is 764 g/mol. The molecule has 0 aliphatic carbocycles. The summed E-state index contributed by atoms with van der Waals surface area (Å²) < 4.78 is 61.8. The van der Waals surface area contributed by atoms with Crippen LogP contribution in [-0.4, -0.2) is 112 Å². The molecule has 1 saturated heterocycles. The second kappa shape index (κ2) is 16.3. The number of aromatic nitrogens is 4. The number of nitrogens with one attached hydrogen (secondary N) is 2. The van der Waals surface area contributed by atoms with E-state index in [0.29, 0.717) is 6.54 Å². The number of hydrogen-bond acceptors (Lipinski definition) is 16. The third-order valence-corrected chi connectivity index (χ3v) is 9.88. The Kier molecular flexibility index (Phi) is 13.6. The van der Waals surface area contributed by atoms with Crippen LogP contribution in [0.5, 0.6) is 0 Å². The highest BCUT2D eigenvalue weighted by atomic mass is 31.3. The molecule has 23 nitrogen and oxygen atoms in total. The number of phosphoric ester groups is 3. The highest BCUT2D eigenvalue weighted by Gasteiger charge is 2.50. The maximum absolute atomic E-state index is 12.6. The number of aliphatic hydroxyl groups is 2. The van der Waals surface area contributed by atoms with E-state index in [1.165, 1.54) is 13.8 Å². The number of anilines is 1. The number of nitrogens with two attached hydrogens (primary N) is 1. The van der Waals surface area contributed by atoms with Gasteiger partial charge in [-0.25, -0.2) is 28.6 Å². The molecule has 2 aromatic rings. The van der Waals surface area contributed by atoms with Gasteiger partial charge in [-0.1, -0.05) is 27.7 Å². The number of rotatable bonds is 18. The van der Waals surface area contributed by atoms with Crippen molar-refractivity contribution in [2.24, 2.45) is 11.3 Å². The molecular formula is C23H40N7O16P3. The Morgan fingerprint density at radius 3 is 2.37 bits per heavy atom. The summed E-state index contributed by atoms with van der Waals surface area (Å²) in [5.74, 6) is -1.07. The van der Waals surface area contributed by atoms with Gasteiger partial charge in [0, 0.05) is 24.9 Å². The minimum atomic E-state index is -5.54. The number of hydrogen-bond donors (Lipinski definition) is 9. The van der Waals surface area contributed by atoms with Crippen molar-refractivity contribution in [1.29, 1.82) is 0 Å². The van der Waals surface area contributed by atoms with Crippen LogP contribution in [0.15, 0.2) is 12.7 Å². The number of amides is 2. The number of imidazole rings is 1. The van der Waals surface area contributed by atoms with Crippen LogP contribution in [0, 0.1) is 11.3 Å². The Morgan fingerprint density at radius 1 is 1.08 bits per heavy atom. The van der Waals surface area contributed by atoms with Gasteiger partial charge in [0.15, 0.2) is 17.7 Å². The Morgan fingerprint density at radius 2 is 1.73 bits per heavy atom. The van der Waals surface area contributed by atoms with Crippen LogP contribution in [0.25, 0.3) is 11.2 Å². The standard InChI is InChI=1S/C23H40N7O16P3/c1-12(2)7-26-14(31)5-6-25-21(34)18(33)23(3,4)9-43-49(40,41)46-48(38,39)42-8-13-17(45-47(35,36)37)16(32)22(44-13)30-11-29-15-19(24)27-10-28-20(15)30/h10-13,16-18,22,32-33H,5-9H2,1-4H3,(H,25,34)(H,26,31)(H,38,39)(H,40,41)(H2,24,27,28)(H2,35,36,37). The first-order valence-electron chi connectivity index (χ1n) is 14.4. The van der Waals surface area contributed by atoms with Crippen molar-refractivity contribution >= 4 is 52.3 Å². The molecule has 7 atom stereocenters. The van der Waals surface area contributed by atoms with Crippen molar-refractivity contribution in [3.63, 3.8) is 0 Å². The molecule has 49 heavy (non-hydrogen) atoms. The molecule has 278 valence electrons. The Bertz CT molecular complexity index is 1620. The fraction of sp³-hybridized carbons (Fsp3) is 0.696. The van der Waals surface area contributed by atoms with Crippen LogP contribution in [0.3, 0.4) is 0 Å². The van der Waals surface area contributed by atoms with Crippen LogP contribution in [0.4, 0.5) is 5.82 Å². The van der Waals surface area contributed by atoms with Crippen molar-refractivity contribution in [2.75, 3.05) is 32.0 Å². The van der Waals surface area contributed by atoms with E-state index >= 15 is 0 Å². The Hall–Kier alpha value is -2.46. The van der Waals surface area contributed by atoms with Gasteiger partial charge in [0.05, 0.1) is 19.5 Å². The van der Waals surface area contributed by atoms with Crippen molar-refractivity contribution < 1.29 is 75.7 Å². The maximum Gasteiger partial charge on any atom is 0.481 e. The van der Waals surface area contributed by atoms with Gasteiger partial charge in [0.1, 0.15) is 36.3 Å². The molecule has 3 heterocycles. The van der Waals surface area contributed by atoms with E-state index in [-0.39, 0.29) is 41.8 Å². The quantitative estimate of drug-likeness (QED) is 0.0827. The fourth-order valence-electron chi connectivity index (χ4n) is 4.26. The summed E-state index contributed by atoms with van der Waals surface area (Å²) in [7, 11) is -16.3. The number of nitrogen functional groups attached to an aromatic ring is 1. The highest BCUT2D eigenvalue weighted by Crippen LogP contribution is 2.61. The number of ether oxygens (including phenoxy) is 1. The third-order valence-electron chi connectivity index (χ3n) is 6.79. The highest BCUT2D eigenvalue weighted by molar-refractivity contribution is 7.61. The first-order chi connectivity index (χ1) is 22.5. The zero-order valence-electron chi connectivity index (χ0n) is 26.6.